The number of nitrogens with zero attached hydrogens (tertiary/aromatic N) is 1. The van der Waals surface area contributed by atoms with Crippen LogP contribution in [0.5, 0.6) is 0 Å². The van der Waals surface area contributed by atoms with Gasteiger partial charge in [0.15, 0.2) is 0 Å². The van der Waals surface area contributed by atoms with Gasteiger partial charge in [0.05, 0.1) is 0 Å². The molecular formula is C14H25N. The minimum atomic E-state index is 0.791. The monoisotopic (exact) mass is 207 g/mol. The average Bonchev–Trinajstić information content (AvgIpc) is 2.29. The largest absolute Gasteiger partial charge is 0.297 e. The van der Waals surface area contributed by atoms with E-state index < -0.39 is 0 Å². The van der Waals surface area contributed by atoms with Gasteiger partial charge < -0.3 is 0 Å². The van der Waals surface area contributed by atoms with Crippen LogP contribution < -0.4 is 0 Å². The van der Waals surface area contributed by atoms with Gasteiger partial charge in [0, 0.05) is 12.6 Å². The van der Waals surface area contributed by atoms with Gasteiger partial charge in [0.1, 0.15) is 0 Å². The molecule has 1 fully saturated rings. The third-order valence-electron chi connectivity index (χ3n) is 4.03. The van der Waals surface area contributed by atoms with Crippen molar-refractivity contribution in [2.75, 3.05) is 13.1 Å². The van der Waals surface area contributed by atoms with Crippen LogP contribution in [0.1, 0.15) is 51.9 Å². The summed E-state index contributed by atoms with van der Waals surface area (Å²) in [6, 6.07) is 0.791. The van der Waals surface area contributed by atoms with Gasteiger partial charge in [-0.3, -0.25) is 4.90 Å². The van der Waals surface area contributed by atoms with Gasteiger partial charge in [-0.05, 0) is 31.7 Å². The van der Waals surface area contributed by atoms with Crippen LogP contribution in [0, 0.1) is 5.92 Å². The van der Waals surface area contributed by atoms with E-state index in [1.807, 2.05) is 0 Å². The van der Waals surface area contributed by atoms with E-state index in [1.54, 1.807) is 0 Å². The van der Waals surface area contributed by atoms with Crippen molar-refractivity contribution < 1.29 is 0 Å². The van der Waals surface area contributed by atoms with Crippen molar-refractivity contribution in [1.29, 1.82) is 0 Å². The molecule has 1 heteroatoms. The summed E-state index contributed by atoms with van der Waals surface area (Å²) in [7, 11) is 0. The van der Waals surface area contributed by atoms with Crippen molar-refractivity contribution in [3.63, 3.8) is 0 Å². The zero-order valence-corrected chi connectivity index (χ0v) is 10.1. The molecule has 0 aliphatic carbocycles. The first-order valence-corrected chi connectivity index (χ1v) is 6.81. The highest BCUT2D eigenvalue weighted by Crippen LogP contribution is 2.29. The highest BCUT2D eigenvalue weighted by Gasteiger charge is 2.27. The lowest BCUT2D eigenvalue weighted by Gasteiger charge is -2.40. The molecule has 0 aromatic heterocycles. The maximum Gasteiger partial charge on any atom is 0.0280 e. The van der Waals surface area contributed by atoms with E-state index in [4.69, 9.17) is 0 Å². The van der Waals surface area contributed by atoms with Gasteiger partial charge in [-0.25, -0.2) is 0 Å². The second-order valence-electron chi connectivity index (χ2n) is 5.21. The molecule has 15 heavy (non-hydrogen) atoms. The molecule has 2 aliphatic heterocycles. The van der Waals surface area contributed by atoms with E-state index >= 15 is 0 Å². The van der Waals surface area contributed by atoms with Crippen LogP contribution >= 0.6 is 0 Å². The Morgan fingerprint density at radius 3 is 3.07 bits per heavy atom. The molecule has 2 unspecified atom stereocenters. The molecule has 86 valence electrons. The molecule has 0 spiro atoms. The fraction of sp³-hybridized carbons (Fsp3) is 0.857. The van der Waals surface area contributed by atoms with Gasteiger partial charge >= 0.3 is 0 Å². The van der Waals surface area contributed by atoms with Crippen LogP contribution in [0.25, 0.3) is 0 Å². The first kappa shape index (κ1) is 11.2. The van der Waals surface area contributed by atoms with Gasteiger partial charge in [0.2, 0.25) is 0 Å². The maximum absolute atomic E-state index is 2.68. The molecule has 0 amide bonds. The van der Waals surface area contributed by atoms with Crippen molar-refractivity contribution in [2.45, 2.75) is 57.9 Å². The predicted octanol–water partition coefficient (Wildman–Crippen LogP) is 3.61. The van der Waals surface area contributed by atoms with Crippen LogP contribution in [-0.4, -0.2) is 24.0 Å². The van der Waals surface area contributed by atoms with Crippen LogP contribution in [-0.2, 0) is 0 Å². The zero-order valence-electron chi connectivity index (χ0n) is 10.1. The van der Waals surface area contributed by atoms with Gasteiger partial charge in [0.25, 0.3) is 0 Å². The molecule has 1 saturated heterocycles. The molecular weight excluding hydrogens is 182 g/mol. The number of unbranched alkanes of at least 4 members (excludes halogenated alkanes) is 2. The van der Waals surface area contributed by atoms with Crippen LogP contribution in [0.3, 0.4) is 0 Å². The summed E-state index contributed by atoms with van der Waals surface area (Å²) in [5, 5.41) is 0. The third-order valence-corrected chi connectivity index (χ3v) is 4.03. The minimum absolute atomic E-state index is 0.791. The number of hydrogen-bond donors (Lipinski definition) is 0. The Morgan fingerprint density at radius 2 is 2.20 bits per heavy atom. The topological polar surface area (TPSA) is 3.24 Å². The minimum Gasteiger partial charge on any atom is -0.297 e. The van der Waals surface area contributed by atoms with Gasteiger partial charge in [-0.2, -0.15) is 0 Å². The summed E-state index contributed by atoms with van der Waals surface area (Å²) in [6.07, 6.45) is 14.7. The number of rotatable bonds is 4. The van der Waals surface area contributed by atoms with Crippen LogP contribution in [0.15, 0.2) is 12.2 Å². The smallest absolute Gasteiger partial charge is 0.0280 e. The molecule has 0 N–H and O–H groups in total. The van der Waals surface area contributed by atoms with E-state index in [1.165, 1.54) is 58.0 Å². The molecule has 2 aliphatic rings. The maximum atomic E-state index is 2.68. The first-order valence-electron chi connectivity index (χ1n) is 6.81. The number of hydrogen-bond acceptors (Lipinski definition) is 1. The van der Waals surface area contributed by atoms with Crippen LogP contribution in [0.2, 0.25) is 0 Å². The summed E-state index contributed by atoms with van der Waals surface area (Å²) < 4.78 is 0. The van der Waals surface area contributed by atoms with Crippen molar-refractivity contribution >= 4 is 0 Å². The van der Waals surface area contributed by atoms with E-state index in [2.05, 4.69) is 24.0 Å². The fourth-order valence-electron chi connectivity index (χ4n) is 3.04. The molecule has 0 aromatic rings. The fourth-order valence-corrected chi connectivity index (χ4v) is 3.04. The molecule has 2 atom stereocenters. The predicted molar refractivity (Wildman–Crippen MR) is 66.0 cm³/mol. The molecule has 1 nitrogen and oxygen atoms in total. The van der Waals surface area contributed by atoms with E-state index in [0.29, 0.717) is 0 Å². The summed E-state index contributed by atoms with van der Waals surface area (Å²) in [5.41, 5.74) is 0. The Bertz CT molecular complexity index is 209. The van der Waals surface area contributed by atoms with Crippen LogP contribution in [0.4, 0.5) is 0 Å². The van der Waals surface area contributed by atoms with E-state index in [9.17, 15) is 0 Å². The van der Waals surface area contributed by atoms with Crippen molar-refractivity contribution in [1.82, 2.24) is 4.90 Å². The molecule has 2 heterocycles. The normalized spacial score (nSPS) is 31.5. The standard InChI is InChI=1S/C14H25N/c1-2-3-4-7-13-9-11-15-10-6-5-8-14(15)12-13/h5,8,13-14H,2-4,6-7,9-12H2,1H3. The third kappa shape index (κ3) is 3.07. The number of piperidine rings is 1. The summed E-state index contributed by atoms with van der Waals surface area (Å²) in [5.74, 6) is 1.01. The van der Waals surface area contributed by atoms with Gasteiger partial charge in [-0.1, -0.05) is 44.8 Å². The average molecular weight is 207 g/mol. The quantitative estimate of drug-likeness (QED) is 0.503. The lowest BCUT2D eigenvalue weighted by molar-refractivity contribution is 0.130. The Balaban J connectivity index is 1.75. The molecule has 0 aromatic carbocycles. The van der Waals surface area contributed by atoms with E-state index in [0.717, 1.165) is 12.0 Å². The van der Waals surface area contributed by atoms with Crippen molar-refractivity contribution in [3.8, 4) is 0 Å². The Kier molecular flexibility index (Phi) is 4.25. The Labute approximate surface area is 94.5 Å². The van der Waals surface area contributed by atoms with Crippen molar-refractivity contribution in [2.24, 2.45) is 5.92 Å². The second-order valence-corrected chi connectivity index (χ2v) is 5.21. The molecule has 2 rings (SSSR count). The Morgan fingerprint density at radius 1 is 1.27 bits per heavy atom. The summed E-state index contributed by atoms with van der Waals surface area (Å²) >= 11 is 0. The molecule has 0 bridgehead atoms. The second kappa shape index (κ2) is 5.69. The highest BCUT2D eigenvalue weighted by molar-refractivity contribution is 5.02. The lowest BCUT2D eigenvalue weighted by Crippen LogP contribution is -2.43. The highest BCUT2D eigenvalue weighted by atomic mass is 15.2. The number of fused-ring (bicyclic) bond motifs is 1. The summed E-state index contributed by atoms with van der Waals surface area (Å²) in [6.45, 7) is 4.96. The van der Waals surface area contributed by atoms with E-state index in [-0.39, 0.29) is 0 Å². The zero-order chi connectivity index (χ0) is 10.5. The van der Waals surface area contributed by atoms with Crippen molar-refractivity contribution in [3.05, 3.63) is 12.2 Å². The molecule has 0 radical (unpaired) electrons. The van der Waals surface area contributed by atoms with Gasteiger partial charge in [-0.15, -0.1) is 0 Å². The lowest BCUT2D eigenvalue weighted by atomic mass is 9.85. The SMILES string of the molecule is CCCCCC1CCN2CCC=CC2C1. The Hall–Kier alpha value is -0.300. The molecule has 0 saturated carbocycles. The summed E-state index contributed by atoms with van der Waals surface area (Å²) in [4.78, 5) is 2.68. The first-order chi connectivity index (χ1) is 7.40.